The van der Waals surface area contributed by atoms with Gasteiger partial charge in [0.05, 0.1) is 0 Å². The summed E-state index contributed by atoms with van der Waals surface area (Å²) in [5.74, 6) is 0. The van der Waals surface area contributed by atoms with Gasteiger partial charge in [-0.1, -0.05) is 48.6 Å². The number of benzene rings is 1. The molecule has 2 rings (SSSR count). The van der Waals surface area contributed by atoms with E-state index in [9.17, 15) is 0 Å². The van der Waals surface area contributed by atoms with Crippen molar-refractivity contribution in [3.63, 3.8) is 0 Å². The van der Waals surface area contributed by atoms with Crippen LogP contribution in [0.3, 0.4) is 0 Å². The van der Waals surface area contributed by atoms with Gasteiger partial charge < -0.3 is 4.74 Å². The van der Waals surface area contributed by atoms with Crippen LogP contribution in [-0.4, -0.2) is 12.7 Å². The number of ether oxygens (including phenoxy) is 1. The monoisotopic (exact) mass is 212 g/mol. The lowest BCUT2D eigenvalue weighted by Crippen LogP contribution is -2.20. The van der Waals surface area contributed by atoms with Crippen LogP contribution in [0.2, 0.25) is 0 Å². The maximum absolute atomic E-state index is 5.44. The molecule has 0 saturated heterocycles. The minimum atomic E-state index is -0.299. The molecule has 1 aliphatic rings. The zero-order chi connectivity index (χ0) is 11.4. The van der Waals surface area contributed by atoms with Gasteiger partial charge in [-0.2, -0.15) is 0 Å². The van der Waals surface area contributed by atoms with Crippen molar-refractivity contribution in [2.75, 3.05) is 7.11 Å². The third-order valence-corrected chi connectivity index (χ3v) is 2.84. The van der Waals surface area contributed by atoms with Crippen molar-refractivity contribution in [2.24, 2.45) is 0 Å². The van der Waals surface area contributed by atoms with Gasteiger partial charge in [-0.3, -0.25) is 0 Å². The molecule has 0 aliphatic heterocycles. The third kappa shape index (κ3) is 2.31. The molecule has 0 fully saturated rings. The molecule has 1 aromatic rings. The normalized spacial score (nSPS) is 24.0. The van der Waals surface area contributed by atoms with Crippen LogP contribution >= 0.6 is 0 Å². The lowest BCUT2D eigenvalue weighted by Gasteiger charge is -2.18. The highest BCUT2D eigenvalue weighted by atomic mass is 16.5. The second kappa shape index (κ2) is 4.50. The van der Waals surface area contributed by atoms with E-state index >= 15 is 0 Å². The van der Waals surface area contributed by atoms with Gasteiger partial charge in [0.15, 0.2) is 0 Å². The number of methoxy groups -OCH3 is 1. The van der Waals surface area contributed by atoms with Crippen molar-refractivity contribution in [1.29, 1.82) is 0 Å². The highest BCUT2D eigenvalue weighted by Gasteiger charge is 2.16. The molecule has 0 heterocycles. The van der Waals surface area contributed by atoms with E-state index in [1.54, 1.807) is 7.11 Å². The van der Waals surface area contributed by atoms with Crippen LogP contribution in [-0.2, 0) is 4.74 Å². The Morgan fingerprint density at radius 2 is 1.81 bits per heavy atom. The molecule has 1 atom stereocenters. The zero-order valence-corrected chi connectivity index (χ0v) is 9.68. The van der Waals surface area contributed by atoms with Gasteiger partial charge in [0.1, 0.15) is 5.60 Å². The van der Waals surface area contributed by atoms with Crippen LogP contribution in [0.25, 0.3) is 5.57 Å². The van der Waals surface area contributed by atoms with E-state index in [2.05, 4.69) is 36.4 Å². The topological polar surface area (TPSA) is 9.23 Å². The highest BCUT2D eigenvalue weighted by molar-refractivity contribution is 5.76. The Hall–Kier alpha value is -1.60. The lowest BCUT2D eigenvalue weighted by molar-refractivity contribution is 0.0909. The molecule has 0 radical (unpaired) electrons. The molecule has 1 aromatic carbocycles. The van der Waals surface area contributed by atoms with Crippen molar-refractivity contribution in [2.45, 2.75) is 12.5 Å². The second-order valence-electron chi connectivity index (χ2n) is 4.07. The summed E-state index contributed by atoms with van der Waals surface area (Å²) >= 11 is 0. The summed E-state index contributed by atoms with van der Waals surface area (Å²) < 4.78 is 5.44. The van der Waals surface area contributed by atoms with Gasteiger partial charge in [-0.25, -0.2) is 0 Å². The fourth-order valence-electron chi connectivity index (χ4n) is 1.67. The molecule has 0 aromatic heterocycles. The second-order valence-corrected chi connectivity index (χ2v) is 4.07. The molecule has 1 nitrogen and oxygen atoms in total. The predicted octanol–water partition coefficient (Wildman–Crippen LogP) is 3.60. The molecule has 16 heavy (non-hydrogen) atoms. The quantitative estimate of drug-likeness (QED) is 0.727. The standard InChI is InChI=1S/C15H16O/c1-15(16-2)11-6-9-14(10-12-15)13-7-4-3-5-8-13/h3-12H,1-2H3. The molecule has 0 spiro atoms. The Morgan fingerprint density at radius 3 is 2.50 bits per heavy atom. The number of hydrogen-bond donors (Lipinski definition) is 0. The van der Waals surface area contributed by atoms with Gasteiger partial charge in [-0.15, -0.1) is 0 Å². The Balaban J connectivity index is 2.31. The van der Waals surface area contributed by atoms with Crippen molar-refractivity contribution in [1.82, 2.24) is 0 Å². The molecule has 1 heteroatoms. The first-order valence-corrected chi connectivity index (χ1v) is 5.43. The van der Waals surface area contributed by atoms with Gasteiger partial charge in [0, 0.05) is 7.11 Å². The average molecular weight is 212 g/mol. The highest BCUT2D eigenvalue weighted by Crippen LogP contribution is 2.23. The summed E-state index contributed by atoms with van der Waals surface area (Å²) in [6, 6.07) is 10.3. The molecule has 82 valence electrons. The third-order valence-electron chi connectivity index (χ3n) is 2.84. The minimum Gasteiger partial charge on any atom is -0.370 e. The summed E-state index contributed by atoms with van der Waals surface area (Å²) in [5, 5.41) is 0. The first kappa shape index (κ1) is 10.9. The molecule has 1 aliphatic carbocycles. The van der Waals surface area contributed by atoms with Crippen molar-refractivity contribution >= 4 is 5.57 Å². The first-order valence-electron chi connectivity index (χ1n) is 5.43. The van der Waals surface area contributed by atoms with Crippen LogP contribution in [0.5, 0.6) is 0 Å². The van der Waals surface area contributed by atoms with Crippen LogP contribution in [0.15, 0.2) is 60.7 Å². The average Bonchev–Trinajstić information content (AvgIpc) is 2.53. The summed E-state index contributed by atoms with van der Waals surface area (Å²) in [5.41, 5.74) is 2.13. The first-order chi connectivity index (χ1) is 7.73. The number of allylic oxidation sites excluding steroid dienone is 4. The summed E-state index contributed by atoms with van der Waals surface area (Å²) in [7, 11) is 1.72. The van der Waals surface area contributed by atoms with E-state index < -0.39 is 0 Å². The van der Waals surface area contributed by atoms with Gasteiger partial charge in [0.25, 0.3) is 0 Å². The van der Waals surface area contributed by atoms with E-state index in [0.29, 0.717) is 0 Å². The van der Waals surface area contributed by atoms with Crippen LogP contribution in [0.1, 0.15) is 12.5 Å². The van der Waals surface area contributed by atoms with E-state index in [-0.39, 0.29) is 5.60 Å². The Labute approximate surface area is 96.8 Å². The largest absolute Gasteiger partial charge is 0.370 e. The summed E-state index contributed by atoms with van der Waals surface area (Å²) in [4.78, 5) is 0. The van der Waals surface area contributed by atoms with Crippen molar-refractivity contribution in [3.8, 4) is 0 Å². The van der Waals surface area contributed by atoms with Gasteiger partial charge in [0.2, 0.25) is 0 Å². The molecular weight excluding hydrogens is 196 g/mol. The molecule has 0 bridgehead atoms. The minimum absolute atomic E-state index is 0.299. The maximum Gasteiger partial charge on any atom is 0.102 e. The molecule has 0 N–H and O–H groups in total. The maximum atomic E-state index is 5.44. The van der Waals surface area contributed by atoms with Gasteiger partial charge in [-0.05, 0) is 30.2 Å². The Bertz CT molecular complexity index is 440. The van der Waals surface area contributed by atoms with E-state index in [1.165, 1.54) is 11.1 Å². The molecule has 1 unspecified atom stereocenters. The zero-order valence-electron chi connectivity index (χ0n) is 9.68. The molecule has 0 saturated carbocycles. The Kier molecular flexibility index (Phi) is 3.07. The van der Waals surface area contributed by atoms with Crippen LogP contribution in [0, 0.1) is 0 Å². The molecule has 0 amide bonds. The summed E-state index contributed by atoms with van der Waals surface area (Å²) in [6.07, 6.45) is 10.4. The van der Waals surface area contributed by atoms with Crippen molar-refractivity contribution < 1.29 is 4.74 Å². The smallest absolute Gasteiger partial charge is 0.102 e. The molecular formula is C15H16O. The summed E-state index contributed by atoms with van der Waals surface area (Å²) in [6.45, 7) is 2.04. The predicted molar refractivity (Wildman–Crippen MR) is 68.1 cm³/mol. The fourth-order valence-corrected chi connectivity index (χ4v) is 1.67. The van der Waals surface area contributed by atoms with E-state index in [1.807, 2.05) is 31.2 Å². The fraction of sp³-hybridized carbons (Fsp3) is 0.200. The van der Waals surface area contributed by atoms with E-state index in [4.69, 9.17) is 4.74 Å². The van der Waals surface area contributed by atoms with Gasteiger partial charge >= 0.3 is 0 Å². The van der Waals surface area contributed by atoms with Crippen LogP contribution in [0.4, 0.5) is 0 Å². The SMILES string of the molecule is COC1(C)C=CC=C(c2ccccc2)C=C1. The van der Waals surface area contributed by atoms with E-state index in [0.717, 1.165) is 0 Å². The van der Waals surface area contributed by atoms with Crippen molar-refractivity contribution in [3.05, 3.63) is 66.3 Å². The number of hydrogen-bond acceptors (Lipinski definition) is 1. The Morgan fingerprint density at radius 1 is 1.06 bits per heavy atom. The number of rotatable bonds is 2. The van der Waals surface area contributed by atoms with Crippen LogP contribution < -0.4 is 0 Å². The lowest BCUT2D eigenvalue weighted by atomic mass is 10.0.